The topological polar surface area (TPSA) is 49.4 Å². The van der Waals surface area contributed by atoms with Crippen LogP contribution in [-0.2, 0) is 16.0 Å². The number of halogens is 1. The Morgan fingerprint density at radius 3 is 2.60 bits per heavy atom. The van der Waals surface area contributed by atoms with Crippen molar-refractivity contribution >= 4 is 34.8 Å². The normalized spacial score (nSPS) is 17.0. The van der Waals surface area contributed by atoms with Crippen LogP contribution in [-0.4, -0.2) is 18.4 Å². The summed E-state index contributed by atoms with van der Waals surface area (Å²) in [7, 11) is 0. The van der Waals surface area contributed by atoms with Crippen LogP contribution < -0.4 is 10.2 Å². The number of nitrogens with zero attached hydrogens (tertiary/aromatic N) is 1. The minimum atomic E-state index is -0.363. The van der Waals surface area contributed by atoms with Crippen LogP contribution in [0, 0.1) is 12.8 Å². The number of nitrogens with one attached hydrogen (secondary N) is 1. The Labute approximate surface area is 152 Å². The van der Waals surface area contributed by atoms with Crippen LogP contribution in [0.2, 0.25) is 5.02 Å². The molecule has 0 radical (unpaired) electrons. The van der Waals surface area contributed by atoms with Crippen LogP contribution in [0.5, 0.6) is 0 Å². The highest BCUT2D eigenvalue weighted by Crippen LogP contribution is 2.29. The first-order valence-corrected chi connectivity index (χ1v) is 8.82. The van der Waals surface area contributed by atoms with E-state index in [1.165, 1.54) is 5.56 Å². The van der Waals surface area contributed by atoms with Crippen molar-refractivity contribution in [1.82, 2.24) is 0 Å². The Morgan fingerprint density at radius 1 is 1.24 bits per heavy atom. The maximum atomic E-state index is 12.5. The molecule has 4 nitrogen and oxygen atoms in total. The van der Waals surface area contributed by atoms with Gasteiger partial charge in [-0.3, -0.25) is 9.59 Å². The average Bonchev–Trinajstić information content (AvgIpc) is 3.00. The van der Waals surface area contributed by atoms with Gasteiger partial charge in [-0.15, -0.1) is 0 Å². The van der Waals surface area contributed by atoms with E-state index < -0.39 is 0 Å². The van der Waals surface area contributed by atoms with Crippen molar-refractivity contribution in [3.8, 4) is 0 Å². The minimum Gasteiger partial charge on any atom is -0.326 e. The van der Waals surface area contributed by atoms with Gasteiger partial charge < -0.3 is 10.2 Å². The van der Waals surface area contributed by atoms with E-state index in [9.17, 15) is 9.59 Å². The molecular weight excluding hydrogens is 336 g/mol. The SMILES string of the molecule is CCc1ccc(NC(=O)[C@@H]2CC(=O)N(c3ccc(C)c(Cl)c3)C2)cc1. The number of anilines is 2. The summed E-state index contributed by atoms with van der Waals surface area (Å²) in [6, 6.07) is 13.3. The number of aryl methyl sites for hydroxylation is 2. The molecule has 0 spiro atoms. The smallest absolute Gasteiger partial charge is 0.229 e. The zero-order chi connectivity index (χ0) is 18.0. The fourth-order valence-corrected chi connectivity index (χ4v) is 3.13. The van der Waals surface area contributed by atoms with Gasteiger partial charge in [0.25, 0.3) is 0 Å². The first kappa shape index (κ1) is 17.5. The van der Waals surface area contributed by atoms with Crippen LogP contribution in [0.15, 0.2) is 42.5 Å². The molecule has 1 fully saturated rings. The summed E-state index contributed by atoms with van der Waals surface area (Å²) in [5.41, 5.74) is 3.67. The van der Waals surface area contributed by atoms with Gasteiger partial charge in [0.2, 0.25) is 11.8 Å². The van der Waals surface area contributed by atoms with Gasteiger partial charge in [0.15, 0.2) is 0 Å². The molecule has 130 valence electrons. The molecule has 2 aromatic rings. The summed E-state index contributed by atoms with van der Waals surface area (Å²) >= 11 is 6.15. The average molecular weight is 357 g/mol. The molecule has 1 saturated heterocycles. The Morgan fingerprint density at radius 2 is 1.96 bits per heavy atom. The van der Waals surface area contributed by atoms with Gasteiger partial charge in [-0.25, -0.2) is 0 Å². The van der Waals surface area contributed by atoms with Gasteiger partial charge in [0, 0.05) is 29.4 Å². The van der Waals surface area contributed by atoms with Gasteiger partial charge in [-0.1, -0.05) is 36.7 Å². The van der Waals surface area contributed by atoms with E-state index in [2.05, 4.69) is 12.2 Å². The zero-order valence-electron chi connectivity index (χ0n) is 14.4. The number of rotatable bonds is 4. The van der Waals surface area contributed by atoms with E-state index >= 15 is 0 Å². The van der Waals surface area contributed by atoms with E-state index in [1.54, 1.807) is 11.0 Å². The molecular formula is C20H21ClN2O2. The molecule has 0 aliphatic carbocycles. The molecule has 0 bridgehead atoms. The highest BCUT2D eigenvalue weighted by molar-refractivity contribution is 6.31. The van der Waals surface area contributed by atoms with Crippen LogP contribution in [0.1, 0.15) is 24.5 Å². The molecule has 1 atom stereocenters. The summed E-state index contributed by atoms with van der Waals surface area (Å²) in [5, 5.41) is 3.52. The summed E-state index contributed by atoms with van der Waals surface area (Å²) in [6.07, 6.45) is 1.17. The van der Waals surface area contributed by atoms with E-state index in [0.29, 0.717) is 11.6 Å². The molecule has 1 heterocycles. The molecule has 1 aliphatic heterocycles. The van der Waals surface area contributed by atoms with E-state index in [4.69, 9.17) is 11.6 Å². The highest BCUT2D eigenvalue weighted by atomic mass is 35.5. The second kappa shape index (κ2) is 7.28. The van der Waals surface area contributed by atoms with Crippen LogP contribution in [0.3, 0.4) is 0 Å². The third kappa shape index (κ3) is 3.85. The molecule has 3 rings (SSSR count). The molecule has 25 heavy (non-hydrogen) atoms. The second-order valence-corrected chi connectivity index (χ2v) is 6.79. The largest absolute Gasteiger partial charge is 0.326 e. The number of amides is 2. The van der Waals surface area contributed by atoms with Crippen molar-refractivity contribution in [3.63, 3.8) is 0 Å². The van der Waals surface area contributed by atoms with E-state index in [0.717, 1.165) is 23.4 Å². The molecule has 5 heteroatoms. The fourth-order valence-electron chi connectivity index (χ4n) is 2.95. The third-order valence-corrected chi connectivity index (χ3v) is 5.00. The van der Waals surface area contributed by atoms with E-state index in [-0.39, 0.29) is 24.2 Å². The maximum Gasteiger partial charge on any atom is 0.229 e. The summed E-state index contributed by atoms with van der Waals surface area (Å²) in [6.45, 7) is 4.37. The van der Waals surface area contributed by atoms with Crippen LogP contribution >= 0.6 is 11.6 Å². The number of carbonyl (C=O) groups is 2. The maximum absolute atomic E-state index is 12.5. The first-order valence-electron chi connectivity index (χ1n) is 8.44. The van der Waals surface area contributed by atoms with Crippen molar-refractivity contribution in [3.05, 3.63) is 58.6 Å². The van der Waals surface area contributed by atoms with Crippen molar-refractivity contribution in [1.29, 1.82) is 0 Å². The van der Waals surface area contributed by atoms with Crippen molar-refractivity contribution in [2.24, 2.45) is 5.92 Å². The van der Waals surface area contributed by atoms with Crippen molar-refractivity contribution < 1.29 is 9.59 Å². The van der Waals surface area contributed by atoms with Crippen LogP contribution in [0.4, 0.5) is 11.4 Å². The predicted molar refractivity (Wildman–Crippen MR) is 101 cm³/mol. The Hall–Kier alpha value is -2.33. The first-order chi connectivity index (χ1) is 12.0. The number of carbonyl (C=O) groups excluding carboxylic acids is 2. The molecule has 0 saturated carbocycles. The molecule has 2 amide bonds. The number of hydrogen-bond donors (Lipinski definition) is 1. The molecule has 2 aromatic carbocycles. The van der Waals surface area contributed by atoms with Gasteiger partial charge in [-0.2, -0.15) is 0 Å². The molecule has 0 unspecified atom stereocenters. The molecule has 0 aromatic heterocycles. The Kier molecular flexibility index (Phi) is 5.09. The lowest BCUT2D eigenvalue weighted by Crippen LogP contribution is -2.28. The second-order valence-electron chi connectivity index (χ2n) is 6.38. The molecule has 1 aliphatic rings. The number of hydrogen-bond acceptors (Lipinski definition) is 2. The minimum absolute atomic E-state index is 0.0543. The monoisotopic (exact) mass is 356 g/mol. The van der Waals surface area contributed by atoms with Crippen molar-refractivity contribution in [2.45, 2.75) is 26.7 Å². The molecule has 1 N–H and O–H groups in total. The quantitative estimate of drug-likeness (QED) is 0.892. The Balaban J connectivity index is 1.68. The van der Waals surface area contributed by atoms with Crippen molar-refractivity contribution in [2.75, 3.05) is 16.8 Å². The van der Waals surface area contributed by atoms with Gasteiger partial charge >= 0.3 is 0 Å². The third-order valence-electron chi connectivity index (χ3n) is 4.59. The standard InChI is InChI=1S/C20H21ClN2O2/c1-3-14-5-7-16(8-6-14)22-20(25)15-10-19(24)23(12-15)17-9-4-13(2)18(21)11-17/h4-9,11,15H,3,10,12H2,1-2H3,(H,22,25)/t15-/m1/s1. The van der Waals surface area contributed by atoms with Crippen LogP contribution in [0.25, 0.3) is 0 Å². The summed E-state index contributed by atoms with van der Waals surface area (Å²) in [4.78, 5) is 26.5. The zero-order valence-corrected chi connectivity index (χ0v) is 15.1. The number of benzene rings is 2. The van der Waals surface area contributed by atoms with Gasteiger partial charge in [0.1, 0.15) is 0 Å². The van der Waals surface area contributed by atoms with Gasteiger partial charge in [-0.05, 0) is 48.7 Å². The lowest BCUT2D eigenvalue weighted by molar-refractivity contribution is -0.122. The van der Waals surface area contributed by atoms with Gasteiger partial charge in [0.05, 0.1) is 5.92 Å². The predicted octanol–water partition coefficient (Wildman–Crippen LogP) is 4.20. The lowest BCUT2D eigenvalue weighted by atomic mass is 10.1. The van der Waals surface area contributed by atoms with E-state index in [1.807, 2.05) is 43.3 Å². The summed E-state index contributed by atoms with van der Waals surface area (Å²) in [5.74, 6) is -0.543. The fraction of sp³-hybridized carbons (Fsp3) is 0.300. The lowest BCUT2D eigenvalue weighted by Gasteiger charge is -2.17. The summed E-state index contributed by atoms with van der Waals surface area (Å²) < 4.78 is 0. The Bertz CT molecular complexity index is 802. The highest BCUT2D eigenvalue weighted by Gasteiger charge is 2.35.